The van der Waals surface area contributed by atoms with Gasteiger partial charge in [-0.05, 0) is 37.6 Å². The fourth-order valence-corrected chi connectivity index (χ4v) is 3.56. The van der Waals surface area contributed by atoms with Crippen LogP contribution in [0.15, 0.2) is 24.3 Å². The minimum absolute atomic E-state index is 0.736. The Morgan fingerprint density at radius 1 is 1.42 bits per heavy atom. The van der Waals surface area contributed by atoms with Crippen LogP contribution in [0.1, 0.15) is 12.5 Å². The first-order valence-electron chi connectivity index (χ1n) is 6.13. The summed E-state index contributed by atoms with van der Waals surface area (Å²) in [6.07, 6.45) is 0. The summed E-state index contributed by atoms with van der Waals surface area (Å²) < 4.78 is 2.15. The Kier molecular flexibility index (Phi) is 2.99. The maximum atomic E-state index is 6.30. The number of nitrogens with zero attached hydrogens (tertiary/aromatic N) is 2. The maximum Gasteiger partial charge on any atom is 0.151 e. The predicted octanol–water partition coefficient (Wildman–Crippen LogP) is 4.33. The van der Waals surface area contributed by atoms with E-state index in [4.69, 9.17) is 22.3 Å². The van der Waals surface area contributed by atoms with E-state index in [9.17, 15) is 0 Å². The van der Waals surface area contributed by atoms with Crippen LogP contribution in [-0.4, -0.2) is 9.55 Å². The van der Waals surface area contributed by atoms with E-state index >= 15 is 0 Å². The highest BCUT2D eigenvalue weighted by Crippen LogP contribution is 2.36. The van der Waals surface area contributed by atoms with Crippen molar-refractivity contribution in [3.8, 4) is 10.7 Å². The second kappa shape index (κ2) is 4.54. The van der Waals surface area contributed by atoms with Crippen LogP contribution < -0.4 is 5.73 Å². The minimum atomic E-state index is 0.736. The monoisotopic (exact) mass is 291 g/mol. The summed E-state index contributed by atoms with van der Waals surface area (Å²) in [7, 11) is 0. The number of aromatic nitrogens is 2. The van der Waals surface area contributed by atoms with Crippen LogP contribution in [-0.2, 0) is 6.54 Å². The lowest BCUT2D eigenvalue weighted by atomic mass is 10.3. The van der Waals surface area contributed by atoms with Gasteiger partial charge in [-0.15, -0.1) is 11.3 Å². The lowest BCUT2D eigenvalue weighted by Gasteiger charge is -2.06. The first-order chi connectivity index (χ1) is 9.11. The Balaban J connectivity index is 2.36. The van der Waals surface area contributed by atoms with E-state index in [0.29, 0.717) is 0 Å². The number of hydrogen-bond acceptors (Lipinski definition) is 3. The first-order valence-corrected chi connectivity index (χ1v) is 7.32. The molecule has 0 fully saturated rings. The molecule has 98 valence electrons. The smallest absolute Gasteiger partial charge is 0.151 e. The molecule has 3 aromatic rings. The fraction of sp³-hybridized carbons (Fsp3) is 0.214. The summed E-state index contributed by atoms with van der Waals surface area (Å²) in [5, 5.41) is 1.55. The lowest BCUT2D eigenvalue weighted by molar-refractivity contribution is 0.797. The van der Waals surface area contributed by atoms with E-state index in [1.807, 2.05) is 24.3 Å². The molecule has 0 aliphatic carbocycles. The summed E-state index contributed by atoms with van der Waals surface area (Å²) in [5.41, 5.74) is 8.96. The molecule has 5 heteroatoms. The molecule has 0 spiro atoms. The van der Waals surface area contributed by atoms with E-state index in [-0.39, 0.29) is 0 Å². The van der Waals surface area contributed by atoms with Gasteiger partial charge in [0.2, 0.25) is 0 Å². The van der Waals surface area contributed by atoms with Crippen molar-refractivity contribution in [2.75, 3.05) is 5.73 Å². The second-order valence-corrected chi connectivity index (χ2v) is 5.94. The van der Waals surface area contributed by atoms with Crippen molar-refractivity contribution in [2.45, 2.75) is 20.4 Å². The Bertz CT molecular complexity index is 757. The highest BCUT2D eigenvalue weighted by atomic mass is 35.5. The van der Waals surface area contributed by atoms with Crippen molar-refractivity contribution in [3.63, 3.8) is 0 Å². The first kappa shape index (κ1) is 12.5. The molecule has 0 unspecified atom stereocenters. The normalized spacial score (nSPS) is 11.3. The largest absolute Gasteiger partial charge is 0.391 e. The van der Waals surface area contributed by atoms with Crippen molar-refractivity contribution >= 4 is 39.0 Å². The van der Waals surface area contributed by atoms with Gasteiger partial charge in [0, 0.05) is 6.54 Å². The number of benzene rings is 1. The molecule has 0 bridgehead atoms. The molecule has 0 saturated heterocycles. The fourth-order valence-electron chi connectivity index (χ4n) is 2.35. The van der Waals surface area contributed by atoms with Crippen molar-refractivity contribution in [1.29, 1.82) is 0 Å². The zero-order valence-corrected chi connectivity index (χ0v) is 12.3. The zero-order chi connectivity index (χ0) is 13.6. The van der Waals surface area contributed by atoms with Gasteiger partial charge in [-0.2, -0.15) is 0 Å². The summed E-state index contributed by atoms with van der Waals surface area (Å²) in [6.45, 7) is 4.98. The number of aryl methyl sites for hydroxylation is 2. The Morgan fingerprint density at radius 2 is 2.21 bits per heavy atom. The van der Waals surface area contributed by atoms with E-state index in [1.165, 1.54) is 0 Å². The molecule has 0 saturated carbocycles. The Morgan fingerprint density at radius 3 is 2.84 bits per heavy atom. The van der Waals surface area contributed by atoms with Gasteiger partial charge in [-0.3, -0.25) is 0 Å². The molecule has 2 N–H and O–H groups in total. The van der Waals surface area contributed by atoms with Crippen molar-refractivity contribution in [3.05, 3.63) is 34.9 Å². The number of imidazole rings is 1. The molecule has 3 nitrogen and oxygen atoms in total. The third kappa shape index (κ3) is 1.91. The summed E-state index contributed by atoms with van der Waals surface area (Å²) >= 11 is 7.87. The van der Waals surface area contributed by atoms with Gasteiger partial charge in [0.15, 0.2) is 5.82 Å². The predicted molar refractivity (Wildman–Crippen MR) is 82.9 cm³/mol. The van der Waals surface area contributed by atoms with Crippen LogP contribution in [0.3, 0.4) is 0 Å². The van der Waals surface area contributed by atoms with E-state index in [0.717, 1.165) is 43.9 Å². The van der Waals surface area contributed by atoms with Crippen LogP contribution in [0.2, 0.25) is 5.02 Å². The molecule has 2 heterocycles. The lowest BCUT2D eigenvalue weighted by Crippen LogP contribution is -1.97. The molecule has 0 amide bonds. The molecule has 0 atom stereocenters. The summed E-state index contributed by atoms with van der Waals surface area (Å²) in [5.74, 6) is 0.949. The minimum Gasteiger partial charge on any atom is -0.391 e. The maximum absolute atomic E-state index is 6.30. The molecule has 0 aliphatic rings. The van der Waals surface area contributed by atoms with Gasteiger partial charge in [-0.1, -0.05) is 17.7 Å². The molecular formula is C14H14ClN3S. The molecule has 0 aliphatic heterocycles. The van der Waals surface area contributed by atoms with Crippen LogP contribution in [0, 0.1) is 6.92 Å². The molecule has 0 radical (unpaired) electrons. The number of nitrogen functional groups attached to an aromatic ring is 1. The standard InChI is InChI=1S/C14H14ClN3S/c1-3-18-12-9(15)5-4-6-10(12)17-14(18)13-8(2)7-11(16)19-13/h4-7H,3,16H2,1-2H3. The SMILES string of the molecule is CCn1c(-c2sc(N)cc2C)nc2cccc(Cl)c21. The average Bonchev–Trinajstić information content (AvgIpc) is 2.89. The van der Waals surface area contributed by atoms with E-state index in [1.54, 1.807) is 11.3 Å². The number of halogens is 1. The third-order valence-corrected chi connectivity index (χ3v) is 4.54. The van der Waals surface area contributed by atoms with Crippen LogP contribution >= 0.6 is 22.9 Å². The van der Waals surface area contributed by atoms with Crippen LogP contribution in [0.5, 0.6) is 0 Å². The average molecular weight is 292 g/mol. The number of hydrogen-bond donors (Lipinski definition) is 1. The summed E-state index contributed by atoms with van der Waals surface area (Å²) in [6, 6.07) is 7.80. The Labute approximate surface area is 120 Å². The highest BCUT2D eigenvalue weighted by molar-refractivity contribution is 7.19. The van der Waals surface area contributed by atoms with Crippen LogP contribution in [0.4, 0.5) is 5.00 Å². The number of para-hydroxylation sites is 1. The van der Waals surface area contributed by atoms with Gasteiger partial charge in [-0.25, -0.2) is 4.98 Å². The Hall–Kier alpha value is -1.52. The van der Waals surface area contributed by atoms with Gasteiger partial charge in [0.25, 0.3) is 0 Å². The molecular weight excluding hydrogens is 278 g/mol. The third-order valence-electron chi connectivity index (χ3n) is 3.17. The zero-order valence-electron chi connectivity index (χ0n) is 10.8. The van der Waals surface area contributed by atoms with Crippen LogP contribution in [0.25, 0.3) is 21.7 Å². The quantitative estimate of drug-likeness (QED) is 0.764. The molecule has 3 rings (SSSR count). The number of thiophene rings is 1. The topological polar surface area (TPSA) is 43.8 Å². The molecule has 19 heavy (non-hydrogen) atoms. The van der Waals surface area contributed by atoms with Crippen molar-refractivity contribution < 1.29 is 0 Å². The highest BCUT2D eigenvalue weighted by Gasteiger charge is 2.17. The number of rotatable bonds is 2. The number of anilines is 1. The molecule has 1 aromatic carbocycles. The summed E-state index contributed by atoms with van der Waals surface area (Å²) in [4.78, 5) is 5.84. The van der Waals surface area contributed by atoms with Crippen molar-refractivity contribution in [2.24, 2.45) is 0 Å². The second-order valence-electron chi connectivity index (χ2n) is 4.45. The van der Waals surface area contributed by atoms with Crippen molar-refractivity contribution in [1.82, 2.24) is 9.55 Å². The van der Waals surface area contributed by atoms with Gasteiger partial charge in [0.1, 0.15) is 0 Å². The number of fused-ring (bicyclic) bond motifs is 1. The van der Waals surface area contributed by atoms with Gasteiger partial charge >= 0.3 is 0 Å². The number of nitrogens with two attached hydrogens (primary N) is 1. The van der Waals surface area contributed by atoms with Gasteiger partial charge in [0.05, 0.1) is 25.9 Å². The van der Waals surface area contributed by atoms with E-state index < -0.39 is 0 Å². The molecule has 2 aromatic heterocycles. The van der Waals surface area contributed by atoms with Gasteiger partial charge < -0.3 is 10.3 Å². The van der Waals surface area contributed by atoms with E-state index in [2.05, 4.69) is 18.4 Å².